The Kier molecular flexibility index (Phi) is 5.00. The Morgan fingerprint density at radius 3 is 2.20 bits per heavy atom. The van der Waals surface area contributed by atoms with E-state index in [1.807, 2.05) is 0 Å². The van der Waals surface area contributed by atoms with Crippen molar-refractivity contribution in [1.29, 1.82) is 0 Å². The van der Waals surface area contributed by atoms with Crippen LogP contribution in [0.15, 0.2) is 0 Å². The second-order valence-electron chi connectivity index (χ2n) is 3.23. The monoisotopic (exact) mass is 198 g/mol. The van der Waals surface area contributed by atoms with Gasteiger partial charge in [0.05, 0.1) is 0 Å². The second kappa shape index (κ2) is 4.63. The minimum Gasteiger partial charge on any atom is -0.167 e. The Hall–Kier alpha value is 0.797. The summed E-state index contributed by atoms with van der Waals surface area (Å²) < 4.78 is 0. The summed E-state index contributed by atoms with van der Waals surface area (Å²) in [5.74, 6) is 0.752. The normalized spacial score (nSPS) is 17.4. The first kappa shape index (κ1) is 10.8. The van der Waals surface area contributed by atoms with Crippen molar-refractivity contribution in [3.63, 3.8) is 0 Å². The van der Waals surface area contributed by atoms with Gasteiger partial charge in [0.25, 0.3) is 0 Å². The molecule has 0 N–H and O–H groups in total. The summed E-state index contributed by atoms with van der Waals surface area (Å²) in [4.78, 5) is 0. The standard InChI is InChI=1S/C7H16Cl2Si/c1-7(2)10(3,9)6-4-5-8/h7H,4-6H2,1-3H3. The lowest BCUT2D eigenvalue weighted by molar-refractivity contribution is 0.969. The minimum absolute atomic E-state index is 0.664. The van der Waals surface area contributed by atoms with Gasteiger partial charge < -0.3 is 0 Å². The molecule has 0 aromatic carbocycles. The van der Waals surface area contributed by atoms with Crippen LogP contribution in [-0.4, -0.2) is 13.3 Å². The van der Waals surface area contributed by atoms with Crippen molar-refractivity contribution >= 4 is 30.1 Å². The predicted octanol–water partition coefficient (Wildman–Crippen LogP) is 3.84. The van der Waals surface area contributed by atoms with Crippen LogP contribution in [0.2, 0.25) is 18.1 Å². The zero-order chi connectivity index (χ0) is 8.20. The Morgan fingerprint density at radius 2 is 1.90 bits per heavy atom. The van der Waals surface area contributed by atoms with E-state index in [0.717, 1.165) is 18.3 Å². The van der Waals surface area contributed by atoms with Crippen LogP contribution >= 0.6 is 22.7 Å². The molecule has 0 fully saturated rings. The molecule has 0 rings (SSSR count). The third-order valence-corrected chi connectivity index (χ3v) is 7.89. The summed E-state index contributed by atoms with van der Waals surface area (Å²) in [6, 6.07) is 1.15. The van der Waals surface area contributed by atoms with E-state index in [1.54, 1.807) is 0 Å². The van der Waals surface area contributed by atoms with Crippen molar-refractivity contribution in [1.82, 2.24) is 0 Å². The topological polar surface area (TPSA) is 0 Å². The highest BCUT2D eigenvalue weighted by Gasteiger charge is 2.27. The van der Waals surface area contributed by atoms with E-state index in [4.69, 9.17) is 22.7 Å². The van der Waals surface area contributed by atoms with Gasteiger partial charge >= 0.3 is 0 Å². The first-order valence-electron chi connectivity index (χ1n) is 3.75. The van der Waals surface area contributed by atoms with Crippen molar-refractivity contribution in [3.05, 3.63) is 0 Å². The van der Waals surface area contributed by atoms with Gasteiger partial charge in [-0.15, -0.1) is 11.6 Å². The van der Waals surface area contributed by atoms with E-state index in [2.05, 4.69) is 20.4 Å². The van der Waals surface area contributed by atoms with Crippen molar-refractivity contribution < 1.29 is 0 Å². The Morgan fingerprint density at radius 1 is 1.40 bits per heavy atom. The fraction of sp³-hybridized carbons (Fsp3) is 1.00. The maximum Gasteiger partial charge on any atom is 0.156 e. The smallest absolute Gasteiger partial charge is 0.156 e. The number of alkyl halides is 1. The van der Waals surface area contributed by atoms with Crippen LogP contribution in [0.4, 0.5) is 0 Å². The molecule has 0 heterocycles. The average molecular weight is 199 g/mol. The van der Waals surface area contributed by atoms with Gasteiger partial charge in [0.1, 0.15) is 0 Å². The Bertz CT molecular complexity index is 91.6. The zero-order valence-electron chi connectivity index (χ0n) is 6.95. The van der Waals surface area contributed by atoms with Crippen LogP contribution in [0.3, 0.4) is 0 Å². The molecule has 0 aromatic rings. The lowest BCUT2D eigenvalue weighted by atomic mass is 10.5. The highest BCUT2D eigenvalue weighted by atomic mass is 35.6. The molecule has 1 atom stereocenters. The molecule has 0 bridgehead atoms. The lowest BCUT2D eigenvalue weighted by Crippen LogP contribution is -2.25. The van der Waals surface area contributed by atoms with Crippen molar-refractivity contribution in [2.75, 3.05) is 5.88 Å². The van der Waals surface area contributed by atoms with E-state index < -0.39 is 7.38 Å². The molecule has 0 saturated carbocycles. The van der Waals surface area contributed by atoms with E-state index in [-0.39, 0.29) is 0 Å². The third-order valence-electron chi connectivity index (χ3n) is 2.00. The van der Waals surface area contributed by atoms with Crippen molar-refractivity contribution in [2.45, 2.75) is 38.4 Å². The van der Waals surface area contributed by atoms with Gasteiger partial charge in [-0.1, -0.05) is 20.4 Å². The van der Waals surface area contributed by atoms with Gasteiger partial charge in [-0.2, -0.15) is 11.1 Å². The maximum absolute atomic E-state index is 6.33. The zero-order valence-corrected chi connectivity index (χ0v) is 9.47. The van der Waals surface area contributed by atoms with Crippen LogP contribution in [-0.2, 0) is 0 Å². The molecular weight excluding hydrogens is 183 g/mol. The molecule has 0 saturated heterocycles. The number of hydrogen-bond donors (Lipinski definition) is 0. The van der Waals surface area contributed by atoms with Crippen molar-refractivity contribution in [2.24, 2.45) is 0 Å². The molecule has 0 radical (unpaired) electrons. The predicted molar refractivity (Wildman–Crippen MR) is 52.7 cm³/mol. The summed E-state index contributed by atoms with van der Waals surface area (Å²) in [6.07, 6.45) is 1.08. The minimum atomic E-state index is -1.41. The molecule has 62 valence electrons. The van der Waals surface area contributed by atoms with Gasteiger partial charge in [0.15, 0.2) is 7.38 Å². The third kappa shape index (κ3) is 3.84. The van der Waals surface area contributed by atoms with Gasteiger partial charge in [-0.05, 0) is 18.0 Å². The van der Waals surface area contributed by atoms with Crippen LogP contribution in [0.5, 0.6) is 0 Å². The van der Waals surface area contributed by atoms with E-state index in [9.17, 15) is 0 Å². The molecule has 0 aliphatic rings. The first-order chi connectivity index (χ1) is 4.50. The number of hydrogen-bond acceptors (Lipinski definition) is 0. The van der Waals surface area contributed by atoms with Crippen LogP contribution < -0.4 is 0 Å². The highest BCUT2D eigenvalue weighted by molar-refractivity contribution is 7.20. The molecule has 3 heteroatoms. The quantitative estimate of drug-likeness (QED) is 0.366. The van der Waals surface area contributed by atoms with E-state index in [1.165, 1.54) is 0 Å². The van der Waals surface area contributed by atoms with Crippen LogP contribution in [0.25, 0.3) is 0 Å². The fourth-order valence-corrected chi connectivity index (χ4v) is 2.91. The lowest BCUT2D eigenvalue weighted by Gasteiger charge is -2.22. The molecule has 0 aliphatic carbocycles. The molecule has 0 aliphatic heterocycles. The van der Waals surface area contributed by atoms with Crippen molar-refractivity contribution in [3.8, 4) is 0 Å². The molecule has 0 spiro atoms. The highest BCUT2D eigenvalue weighted by Crippen LogP contribution is 2.29. The SMILES string of the molecule is CC(C)[Si](C)(Cl)CCCCl. The second-order valence-corrected chi connectivity index (χ2v) is 10.4. The van der Waals surface area contributed by atoms with Crippen LogP contribution in [0, 0.1) is 0 Å². The number of halogens is 2. The van der Waals surface area contributed by atoms with Gasteiger partial charge in [0, 0.05) is 5.88 Å². The summed E-state index contributed by atoms with van der Waals surface area (Å²) in [5, 5.41) is 0. The first-order valence-corrected chi connectivity index (χ1v) is 8.08. The van der Waals surface area contributed by atoms with Gasteiger partial charge in [-0.3, -0.25) is 0 Å². The van der Waals surface area contributed by atoms with E-state index in [0.29, 0.717) is 5.54 Å². The molecule has 0 aromatic heterocycles. The maximum atomic E-state index is 6.33. The molecule has 1 unspecified atom stereocenters. The summed E-state index contributed by atoms with van der Waals surface area (Å²) >= 11 is 11.9. The molecule has 0 amide bonds. The fourth-order valence-electron chi connectivity index (χ4n) is 0.701. The molecular formula is C7H16Cl2Si. The number of rotatable bonds is 4. The average Bonchev–Trinajstić information content (AvgIpc) is 1.84. The molecule has 0 nitrogen and oxygen atoms in total. The van der Waals surface area contributed by atoms with E-state index >= 15 is 0 Å². The molecule has 10 heavy (non-hydrogen) atoms. The van der Waals surface area contributed by atoms with Gasteiger partial charge in [-0.25, -0.2) is 0 Å². The van der Waals surface area contributed by atoms with Crippen LogP contribution in [0.1, 0.15) is 20.3 Å². The summed E-state index contributed by atoms with van der Waals surface area (Å²) in [7, 11) is -1.41. The summed E-state index contributed by atoms with van der Waals surface area (Å²) in [6.45, 7) is 6.62. The Labute approximate surface area is 74.6 Å². The Balaban J connectivity index is 3.63. The largest absolute Gasteiger partial charge is 0.167 e. The summed E-state index contributed by atoms with van der Waals surface area (Å²) in [5.41, 5.74) is 0.664. The van der Waals surface area contributed by atoms with Gasteiger partial charge in [0.2, 0.25) is 0 Å².